The molecule has 0 saturated carbocycles. The van der Waals surface area contributed by atoms with E-state index in [2.05, 4.69) is 114 Å². The number of hydrogen-bond donors (Lipinski definition) is 0. The lowest BCUT2D eigenvalue weighted by atomic mass is 9.83. The van der Waals surface area contributed by atoms with Gasteiger partial charge in [0.25, 0.3) is 0 Å². The summed E-state index contributed by atoms with van der Waals surface area (Å²) >= 11 is 0. The van der Waals surface area contributed by atoms with E-state index in [-0.39, 0.29) is 0 Å². The van der Waals surface area contributed by atoms with E-state index in [0.29, 0.717) is 5.92 Å². The molecule has 0 N–H and O–H groups in total. The molecule has 3 heteroatoms. The van der Waals surface area contributed by atoms with Crippen molar-refractivity contribution < 1.29 is 4.42 Å². The molecule has 3 aromatic heterocycles. The van der Waals surface area contributed by atoms with Crippen LogP contribution in [0.1, 0.15) is 11.3 Å². The molecule has 0 saturated heterocycles. The number of hydrogen-bond acceptors (Lipinski definition) is 3. The first-order valence-electron chi connectivity index (χ1n) is 14.8. The van der Waals surface area contributed by atoms with Gasteiger partial charge in [0, 0.05) is 41.2 Å². The summed E-state index contributed by atoms with van der Waals surface area (Å²) in [4.78, 5) is 9.31. The van der Waals surface area contributed by atoms with E-state index in [9.17, 15) is 0 Å². The molecule has 0 amide bonds. The average molecular weight is 551 g/mol. The molecule has 43 heavy (non-hydrogen) atoms. The minimum Gasteiger partial charge on any atom is -0.460 e. The second kappa shape index (κ2) is 9.50. The van der Waals surface area contributed by atoms with E-state index in [1.807, 2.05) is 24.4 Å². The fourth-order valence-corrected chi connectivity index (χ4v) is 6.90. The van der Waals surface area contributed by atoms with Crippen molar-refractivity contribution in [2.24, 2.45) is 5.92 Å². The molecule has 0 radical (unpaired) electrons. The maximum atomic E-state index is 6.41. The van der Waals surface area contributed by atoms with Crippen molar-refractivity contribution in [3.63, 3.8) is 0 Å². The van der Waals surface area contributed by atoms with Crippen LogP contribution in [0.25, 0.3) is 72.2 Å². The summed E-state index contributed by atoms with van der Waals surface area (Å²) in [5.74, 6) is 1.47. The quantitative estimate of drug-likeness (QED) is 0.205. The van der Waals surface area contributed by atoms with Gasteiger partial charge in [-0.25, -0.2) is 0 Å². The summed E-state index contributed by atoms with van der Waals surface area (Å²) in [5.41, 5.74) is 9.98. The van der Waals surface area contributed by atoms with Gasteiger partial charge in [-0.05, 0) is 80.2 Å². The highest BCUT2D eigenvalue weighted by molar-refractivity contribution is 6.21. The summed E-state index contributed by atoms with van der Waals surface area (Å²) in [5, 5.41) is 6.04. The highest BCUT2D eigenvalue weighted by Crippen LogP contribution is 2.45. The zero-order chi connectivity index (χ0) is 28.3. The highest BCUT2D eigenvalue weighted by atomic mass is 16.3. The molecule has 3 nitrogen and oxygen atoms in total. The van der Waals surface area contributed by atoms with E-state index >= 15 is 0 Å². The third kappa shape index (κ3) is 3.82. The Kier molecular flexibility index (Phi) is 5.32. The third-order valence-corrected chi connectivity index (χ3v) is 8.89. The molecule has 2 aliphatic rings. The molecule has 202 valence electrons. The largest absolute Gasteiger partial charge is 0.460 e. The zero-order valence-corrected chi connectivity index (χ0v) is 23.4. The van der Waals surface area contributed by atoms with Crippen LogP contribution in [0.4, 0.5) is 0 Å². The lowest BCUT2D eigenvalue weighted by Crippen LogP contribution is -2.09. The SMILES string of the molecule is C1=CC2=Cc3c(oc4ccc(-c5c6ccccc6c(-c6ccc(-c7ccccn7)nc6)c6ccccc56)cc34)CC2C=C1. The number of allylic oxidation sites excluding steroid dienone is 5. The van der Waals surface area contributed by atoms with Crippen LogP contribution in [0.3, 0.4) is 0 Å². The third-order valence-electron chi connectivity index (χ3n) is 8.89. The monoisotopic (exact) mass is 550 g/mol. The summed E-state index contributed by atoms with van der Waals surface area (Å²) in [6, 6.07) is 34.3. The molecule has 2 aliphatic carbocycles. The van der Waals surface area contributed by atoms with Crippen molar-refractivity contribution in [2.45, 2.75) is 6.42 Å². The molecule has 1 unspecified atom stereocenters. The van der Waals surface area contributed by atoms with Crippen LogP contribution in [0, 0.1) is 5.92 Å². The number of aromatic nitrogens is 2. The van der Waals surface area contributed by atoms with Crippen molar-refractivity contribution in [3.05, 3.63) is 151 Å². The van der Waals surface area contributed by atoms with Crippen LogP contribution in [0.5, 0.6) is 0 Å². The Balaban J connectivity index is 1.26. The van der Waals surface area contributed by atoms with Crippen LogP contribution in [-0.2, 0) is 6.42 Å². The number of rotatable bonds is 3. The van der Waals surface area contributed by atoms with E-state index in [1.165, 1.54) is 54.8 Å². The lowest BCUT2D eigenvalue weighted by molar-refractivity contribution is 0.521. The lowest BCUT2D eigenvalue weighted by Gasteiger charge is -2.20. The van der Waals surface area contributed by atoms with Crippen molar-refractivity contribution in [1.29, 1.82) is 0 Å². The van der Waals surface area contributed by atoms with Crippen molar-refractivity contribution in [1.82, 2.24) is 9.97 Å². The molecule has 4 aromatic carbocycles. The Labute approximate surface area is 249 Å². The number of pyridine rings is 2. The second-order valence-electron chi connectivity index (χ2n) is 11.3. The van der Waals surface area contributed by atoms with Gasteiger partial charge in [-0.2, -0.15) is 0 Å². The van der Waals surface area contributed by atoms with Gasteiger partial charge in [-0.15, -0.1) is 0 Å². The Morgan fingerprint density at radius 1 is 0.628 bits per heavy atom. The molecule has 3 heterocycles. The molecule has 0 aliphatic heterocycles. The Morgan fingerprint density at radius 2 is 1.33 bits per heavy atom. The molecule has 9 rings (SSSR count). The Bertz CT molecular complexity index is 2250. The summed E-state index contributed by atoms with van der Waals surface area (Å²) in [6.45, 7) is 0. The fraction of sp³-hybridized carbons (Fsp3) is 0.0500. The van der Waals surface area contributed by atoms with E-state index in [0.717, 1.165) is 34.7 Å². The predicted molar refractivity (Wildman–Crippen MR) is 177 cm³/mol. The van der Waals surface area contributed by atoms with E-state index < -0.39 is 0 Å². The van der Waals surface area contributed by atoms with Crippen LogP contribution in [0.15, 0.2) is 144 Å². The molecular formula is C40H26N2O. The molecule has 0 bridgehead atoms. The van der Waals surface area contributed by atoms with Crippen LogP contribution < -0.4 is 0 Å². The summed E-state index contributed by atoms with van der Waals surface area (Å²) in [7, 11) is 0. The predicted octanol–water partition coefficient (Wildman–Crippen LogP) is 10.2. The van der Waals surface area contributed by atoms with Crippen LogP contribution in [0.2, 0.25) is 0 Å². The molecule has 0 spiro atoms. The van der Waals surface area contributed by atoms with E-state index in [1.54, 1.807) is 6.20 Å². The maximum Gasteiger partial charge on any atom is 0.134 e. The Morgan fingerprint density at radius 3 is 2.02 bits per heavy atom. The van der Waals surface area contributed by atoms with Gasteiger partial charge < -0.3 is 4.42 Å². The molecular weight excluding hydrogens is 524 g/mol. The van der Waals surface area contributed by atoms with Gasteiger partial charge in [0.1, 0.15) is 11.3 Å². The van der Waals surface area contributed by atoms with Gasteiger partial charge >= 0.3 is 0 Å². The maximum absolute atomic E-state index is 6.41. The van der Waals surface area contributed by atoms with Gasteiger partial charge in [-0.3, -0.25) is 9.97 Å². The van der Waals surface area contributed by atoms with Gasteiger partial charge in [-0.1, -0.05) is 91.0 Å². The zero-order valence-electron chi connectivity index (χ0n) is 23.4. The number of fused-ring (bicyclic) bond motifs is 6. The standard InChI is InChI=1S/C40H26N2O/c1-2-10-26-23-38-34(21-25(26)9-1)33-22-27(17-19-37(33)43-38)39-29-11-3-5-13-31(29)40(32-14-6-4-12-30(32)39)28-16-18-36(42-24-28)35-15-7-8-20-41-35/h1-22,24,26H,23H2. The second-order valence-corrected chi connectivity index (χ2v) is 11.3. The van der Waals surface area contributed by atoms with Crippen LogP contribution in [-0.4, -0.2) is 9.97 Å². The normalized spacial score (nSPS) is 15.5. The van der Waals surface area contributed by atoms with Crippen molar-refractivity contribution >= 4 is 38.6 Å². The van der Waals surface area contributed by atoms with Gasteiger partial charge in [0.05, 0.1) is 11.4 Å². The fourth-order valence-electron chi connectivity index (χ4n) is 6.90. The number of furan rings is 1. The summed E-state index contributed by atoms with van der Waals surface area (Å²) in [6.07, 6.45) is 15.8. The molecule has 1 atom stereocenters. The molecule has 7 aromatic rings. The van der Waals surface area contributed by atoms with Gasteiger partial charge in [0.2, 0.25) is 0 Å². The topological polar surface area (TPSA) is 38.9 Å². The smallest absolute Gasteiger partial charge is 0.134 e. The average Bonchev–Trinajstić information content (AvgIpc) is 3.43. The highest BCUT2D eigenvalue weighted by Gasteiger charge is 2.25. The van der Waals surface area contributed by atoms with Crippen molar-refractivity contribution in [3.8, 4) is 33.6 Å². The minimum atomic E-state index is 0.394. The minimum absolute atomic E-state index is 0.394. The summed E-state index contributed by atoms with van der Waals surface area (Å²) < 4.78 is 6.41. The van der Waals surface area contributed by atoms with Crippen molar-refractivity contribution in [2.75, 3.05) is 0 Å². The number of benzene rings is 4. The first-order chi connectivity index (χ1) is 21.3. The first kappa shape index (κ1) is 24.1. The first-order valence-corrected chi connectivity index (χ1v) is 14.8. The van der Waals surface area contributed by atoms with E-state index in [4.69, 9.17) is 9.40 Å². The number of nitrogens with zero attached hydrogens (tertiary/aromatic N) is 2. The van der Waals surface area contributed by atoms with Crippen LogP contribution >= 0.6 is 0 Å². The molecule has 0 fully saturated rings. The van der Waals surface area contributed by atoms with Gasteiger partial charge in [0.15, 0.2) is 0 Å². The Hall–Kier alpha value is -5.54.